The maximum atomic E-state index is 12.4. The molecule has 0 bridgehead atoms. The van der Waals surface area contributed by atoms with E-state index in [9.17, 15) is 14.9 Å². The number of piperidine rings is 1. The lowest BCUT2D eigenvalue weighted by Gasteiger charge is -2.34. The Bertz CT molecular complexity index is 711. The molecular formula is C22H34N4O4. The molecule has 0 spiro atoms. The summed E-state index contributed by atoms with van der Waals surface area (Å²) in [4.78, 5) is 27.8. The Morgan fingerprint density at radius 1 is 1.13 bits per heavy atom. The highest BCUT2D eigenvalue weighted by molar-refractivity contribution is 5.92. The van der Waals surface area contributed by atoms with Gasteiger partial charge in [-0.2, -0.15) is 0 Å². The fourth-order valence-corrected chi connectivity index (χ4v) is 4.45. The van der Waals surface area contributed by atoms with E-state index in [1.807, 2.05) is 0 Å². The lowest BCUT2D eigenvalue weighted by molar-refractivity contribution is -0.384. The van der Waals surface area contributed by atoms with E-state index in [1.54, 1.807) is 0 Å². The van der Waals surface area contributed by atoms with Crippen LogP contribution in [0.15, 0.2) is 18.2 Å². The topological polar surface area (TPSA) is 87.9 Å². The molecule has 0 saturated carbocycles. The highest BCUT2D eigenvalue weighted by atomic mass is 16.6. The molecule has 0 radical (unpaired) electrons. The van der Waals surface area contributed by atoms with Gasteiger partial charge in [-0.15, -0.1) is 0 Å². The Balaban J connectivity index is 1.39. The largest absolute Gasteiger partial charge is 0.494 e. The number of non-ortho nitro benzene ring substituents is 1. The minimum atomic E-state index is -0.482. The van der Waals surface area contributed by atoms with E-state index in [2.05, 4.69) is 15.1 Å². The van der Waals surface area contributed by atoms with Crippen molar-refractivity contribution in [1.29, 1.82) is 0 Å². The molecule has 1 aromatic carbocycles. The molecule has 2 fully saturated rings. The van der Waals surface area contributed by atoms with Crippen LogP contribution in [-0.4, -0.2) is 67.0 Å². The Labute approximate surface area is 178 Å². The fourth-order valence-electron chi connectivity index (χ4n) is 4.45. The average molecular weight is 419 g/mol. The van der Waals surface area contributed by atoms with Gasteiger partial charge in [-0.05, 0) is 63.8 Å². The number of benzene rings is 1. The molecule has 0 aromatic heterocycles. The van der Waals surface area contributed by atoms with E-state index < -0.39 is 4.92 Å². The number of likely N-dealkylation sites (tertiary alicyclic amines) is 2. The highest BCUT2D eigenvalue weighted by Crippen LogP contribution is 2.29. The lowest BCUT2D eigenvalue weighted by atomic mass is 9.96. The highest BCUT2D eigenvalue weighted by Gasteiger charge is 2.22. The van der Waals surface area contributed by atoms with Gasteiger partial charge in [0.15, 0.2) is 0 Å². The second-order valence-electron chi connectivity index (χ2n) is 8.44. The number of carbonyl (C=O) groups is 1. The maximum Gasteiger partial charge on any atom is 0.273 e. The van der Waals surface area contributed by atoms with Crippen LogP contribution in [0.2, 0.25) is 0 Å². The average Bonchev–Trinajstić information content (AvgIpc) is 3.02. The van der Waals surface area contributed by atoms with Crippen molar-refractivity contribution in [3.63, 3.8) is 0 Å². The molecule has 1 amide bonds. The lowest BCUT2D eigenvalue weighted by Crippen LogP contribution is -2.40. The summed E-state index contributed by atoms with van der Waals surface area (Å²) in [7, 11) is 1.44. The minimum absolute atomic E-state index is 0.0621. The van der Waals surface area contributed by atoms with Crippen LogP contribution in [0, 0.1) is 16.0 Å². The van der Waals surface area contributed by atoms with E-state index in [1.165, 1.54) is 83.5 Å². The molecule has 8 nitrogen and oxygen atoms in total. The molecule has 2 saturated heterocycles. The number of ether oxygens (including phenoxy) is 1. The van der Waals surface area contributed by atoms with Crippen LogP contribution >= 0.6 is 0 Å². The van der Waals surface area contributed by atoms with E-state index in [0.717, 1.165) is 25.6 Å². The van der Waals surface area contributed by atoms with Crippen molar-refractivity contribution in [3.8, 4) is 5.75 Å². The molecule has 0 atom stereocenters. The van der Waals surface area contributed by atoms with Gasteiger partial charge in [-0.1, -0.05) is 12.8 Å². The second kappa shape index (κ2) is 11.3. The number of hydrogen-bond acceptors (Lipinski definition) is 6. The summed E-state index contributed by atoms with van der Waals surface area (Å²) >= 11 is 0. The van der Waals surface area contributed by atoms with Gasteiger partial charge < -0.3 is 19.9 Å². The van der Waals surface area contributed by atoms with Crippen LogP contribution in [0.3, 0.4) is 0 Å². The minimum Gasteiger partial charge on any atom is -0.494 e. The van der Waals surface area contributed by atoms with Gasteiger partial charge in [-0.25, -0.2) is 0 Å². The Morgan fingerprint density at radius 2 is 1.83 bits per heavy atom. The number of anilines is 1. The standard InChI is InChI=1S/C22H34N4O4/c1-30-21-16-19(26(28)29)6-7-20(21)23-22(27)10-15-24-13-8-18(9-14-24)17-25-11-4-2-3-5-12-25/h6-7,16,18H,2-5,8-15,17H2,1H3,(H,23,27). The molecule has 2 aliphatic heterocycles. The maximum absolute atomic E-state index is 12.4. The third-order valence-electron chi connectivity index (χ3n) is 6.25. The van der Waals surface area contributed by atoms with Crippen LogP contribution in [0.4, 0.5) is 11.4 Å². The predicted molar refractivity (Wildman–Crippen MR) is 117 cm³/mol. The Kier molecular flexibility index (Phi) is 8.45. The van der Waals surface area contributed by atoms with Gasteiger partial charge in [-0.3, -0.25) is 14.9 Å². The zero-order valence-electron chi connectivity index (χ0n) is 18.0. The molecule has 0 unspecified atom stereocenters. The smallest absolute Gasteiger partial charge is 0.273 e. The van der Waals surface area contributed by atoms with Crippen LogP contribution in [0.1, 0.15) is 44.9 Å². The van der Waals surface area contributed by atoms with Crippen molar-refractivity contribution in [1.82, 2.24) is 9.80 Å². The summed E-state index contributed by atoms with van der Waals surface area (Å²) in [6.07, 6.45) is 8.24. The molecule has 8 heteroatoms. The number of methoxy groups -OCH3 is 1. The first-order chi connectivity index (χ1) is 14.5. The molecule has 30 heavy (non-hydrogen) atoms. The third-order valence-corrected chi connectivity index (χ3v) is 6.25. The fraction of sp³-hybridized carbons (Fsp3) is 0.682. The summed E-state index contributed by atoms with van der Waals surface area (Å²) in [5.74, 6) is 0.971. The predicted octanol–water partition coefficient (Wildman–Crippen LogP) is 3.52. The summed E-state index contributed by atoms with van der Waals surface area (Å²) in [5.41, 5.74) is 0.400. The van der Waals surface area contributed by atoms with Crippen molar-refractivity contribution in [3.05, 3.63) is 28.3 Å². The van der Waals surface area contributed by atoms with Crippen LogP contribution in [-0.2, 0) is 4.79 Å². The molecular weight excluding hydrogens is 384 g/mol. The van der Waals surface area contributed by atoms with Crippen LogP contribution in [0.25, 0.3) is 0 Å². The number of nitro groups is 1. The van der Waals surface area contributed by atoms with E-state index in [-0.39, 0.29) is 11.6 Å². The van der Waals surface area contributed by atoms with Crippen molar-refractivity contribution in [2.45, 2.75) is 44.9 Å². The number of nitro benzene ring substituents is 1. The van der Waals surface area contributed by atoms with Gasteiger partial charge in [0.1, 0.15) is 5.75 Å². The zero-order valence-corrected chi connectivity index (χ0v) is 18.0. The van der Waals surface area contributed by atoms with E-state index in [4.69, 9.17) is 4.74 Å². The number of carbonyl (C=O) groups excluding carboxylic acids is 1. The van der Waals surface area contributed by atoms with E-state index >= 15 is 0 Å². The Morgan fingerprint density at radius 3 is 2.47 bits per heavy atom. The van der Waals surface area contributed by atoms with Crippen molar-refractivity contribution in [2.24, 2.45) is 5.92 Å². The monoisotopic (exact) mass is 418 g/mol. The van der Waals surface area contributed by atoms with Crippen molar-refractivity contribution < 1.29 is 14.5 Å². The summed E-state index contributed by atoms with van der Waals surface area (Å²) in [6.45, 7) is 6.57. The second-order valence-corrected chi connectivity index (χ2v) is 8.44. The zero-order chi connectivity index (χ0) is 21.3. The molecule has 0 aliphatic carbocycles. The van der Waals surface area contributed by atoms with Gasteiger partial charge in [0.2, 0.25) is 5.91 Å². The number of nitrogens with zero attached hydrogens (tertiary/aromatic N) is 3. The molecule has 2 heterocycles. The molecule has 3 rings (SSSR count). The number of hydrogen-bond donors (Lipinski definition) is 1. The normalized spacial score (nSPS) is 19.2. The molecule has 1 aromatic rings. The van der Waals surface area contributed by atoms with E-state index in [0.29, 0.717) is 17.9 Å². The van der Waals surface area contributed by atoms with Gasteiger partial charge in [0.05, 0.1) is 23.8 Å². The van der Waals surface area contributed by atoms with Crippen LogP contribution in [0.5, 0.6) is 5.75 Å². The quantitative estimate of drug-likeness (QED) is 0.513. The summed E-state index contributed by atoms with van der Waals surface area (Å²) in [6, 6.07) is 4.21. The number of amides is 1. The first-order valence-corrected chi connectivity index (χ1v) is 11.1. The van der Waals surface area contributed by atoms with Gasteiger partial charge >= 0.3 is 0 Å². The molecule has 166 valence electrons. The first-order valence-electron chi connectivity index (χ1n) is 11.1. The van der Waals surface area contributed by atoms with Crippen molar-refractivity contribution in [2.75, 3.05) is 51.7 Å². The molecule has 1 N–H and O–H groups in total. The van der Waals surface area contributed by atoms with Gasteiger partial charge in [0.25, 0.3) is 5.69 Å². The third kappa shape index (κ3) is 6.67. The SMILES string of the molecule is COc1cc([N+](=O)[O-])ccc1NC(=O)CCN1CCC(CN2CCCCCC2)CC1. The van der Waals surface area contributed by atoms with Gasteiger partial charge in [0, 0.05) is 25.6 Å². The number of rotatable bonds is 8. The molecule has 2 aliphatic rings. The summed E-state index contributed by atoms with van der Waals surface area (Å²) in [5, 5.41) is 13.7. The number of nitrogens with one attached hydrogen (secondary N) is 1. The first kappa shape index (κ1) is 22.5. The summed E-state index contributed by atoms with van der Waals surface area (Å²) < 4.78 is 5.18. The Hall–Kier alpha value is -2.19. The van der Waals surface area contributed by atoms with Crippen molar-refractivity contribution >= 4 is 17.3 Å². The van der Waals surface area contributed by atoms with Crippen LogP contribution < -0.4 is 10.1 Å².